The van der Waals surface area contributed by atoms with Crippen molar-refractivity contribution in [2.45, 2.75) is 26.2 Å². The molecule has 1 saturated heterocycles. The van der Waals surface area contributed by atoms with Crippen LogP contribution in [0.5, 0.6) is 0 Å². The van der Waals surface area contributed by atoms with Gasteiger partial charge in [0, 0.05) is 36.5 Å². The van der Waals surface area contributed by atoms with Crippen LogP contribution in [0, 0.1) is 12.3 Å². The molecule has 114 valence electrons. The number of aromatic amines is 1. The molecule has 5 heteroatoms. The smallest absolute Gasteiger partial charge is 0.259 e. The van der Waals surface area contributed by atoms with Gasteiger partial charge < -0.3 is 15.0 Å². The second kappa shape index (κ2) is 6.26. The largest absolute Gasteiger partial charge is 0.396 e. The zero-order chi connectivity index (χ0) is 15.5. The number of piperidine rings is 1. The molecule has 0 aliphatic carbocycles. The van der Waals surface area contributed by atoms with Crippen molar-refractivity contribution in [3.05, 3.63) is 46.4 Å². The Hall–Kier alpha value is -1.88. The number of carbonyl (C=O) groups is 1. The van der Waals surface area contributed by atoms with Crippen LogP contribution in [0.15, 0.2) is 29.7 Å². The number of nitrogens with one attached hydrogen (secondary N) is 1. The number of nitrogens with zero attached hydrogens (tertiary/aromatic N) is 1. The molecule has 0 radical (unpaired) electrons. The van der Waals surface area contributed by atoms with Crippen LogP contribution < -0.4 is 5.43 Å². The number of aliphatic hydroxyl groups excluding tert-OH is 1. The zero-order valence-electron chi connectivity index (χ0n) is 12.4. The molecule has 1 aromatic rings. The topological polar surface area (TPSA) is 73.4 Å². The SMILES string of the molecule is C=CC[C@@]1(CO)CCCN(C(=O)c2c[nH]c(C)cc2=O)C1. The lowest BCUT2D eigenvalue weighted by atomic mass is 9.77. The first-order valence-electron chi connectivity index (χ1n) is 7.22. The molecule has 1 aliphatic heterocycles. The highest BCUT2D eigenvalue weighted by Gasteiger charge is 2.36. The molecule has 1 amide bonds. The van der Waals surface area contributed by atoms with Crippen LogP contribution in [-0.2, 0) is 0 Å². The van der Waals surface area contributed by atoms with E-state index in [9.17, 15) is 14.7 Å². The Balaban J connectivity index is 2.22. The number of likely N-dealkylation sites (tertiary alicyclic amines) is 1. The summed E-state index contributed by atoms with van der Waals surface area (Å²) in [4.78, 5) is 29.1. The van der Waals surface area contributed by atoms with E-state index in [2.05, 4.69) is 11.6 Å². The fourth-order valence-corrected chi connectivity index (χ4v) is 2.96. The molecular weight excluding hydrogens is 268 g/mol. The van der Waals surface area contributed by atoms with E-state index in [1.807, 2.05) is 0 Å². The summed E-state index contributed by atoms with van der Waals surface area (Å²) in [5, 5.41) is 9.68. The van der Waals surface area contributed by atoms with Crippen LogP contribution >= 0.6 is 0 Å². The first-order valence-corrected chi connectivity index (χ1v) is 7.22. The van der Waals surface area contributed by atoms with Crippen LogP contribution in [0.25, 0.3) is 0 Å². The minimum atomic E-state index is -0.326. The summed E-state index contributed by atoms with van der Waals surface area (Å²) in [6.45, 7) is 6.60. The molecular formula is C16H22N2O3. The van der Waals surface area contributed by atoms with Gasteiger partial charge >= 0.3 is 0 Å². The molecule has 21 heavy (non-hydrogen) atoms. The Morgan fingerprint density at radius 1 is 1.62 bits per heavy atom. The van der Waals surface area contributed by atoms with Crippen LogP contribution in [0.4, 0.5) is 0 Å². The average Bonchev–Trinajstić information content (AvgIpc) is 2.47. The van der Waals surface area contributed by atoms with Gasteiger partial charge in [-0.2, -0.15) is 0 Å². The van der Waals surface area contributed by atoms with Crippen LogP contribution in [0.2, 0.25) is 0 Å². The highest BCUT2D eigenvalue weighted by molar-refractivity contribution is 5.93. The maximum atomic E-state index is 12.5. The number of amides is 1. The fraction of sp³-hybridized carbons (Fsp3) is 0.500. The normalized spacial score (nSPS) is 22.1. The summed E-state index contributed by atoms with van der Waals surface area (Å²) in [5.41, 5.74) is 0.298. The molecule has 1 aromatic heterocycles. The molecule has 1 aliphatic rings. The van der Waals surface area contributed by atoms with Gasteiger partial charge in [-0.05, 0) is 26.2 Å². The maximum Gasteiger partial charge on any atom is 0.259 e. The van der Waals surface area contributed by atoms with E-state index in [1.165, 1.54) is 12.3 Å². The minimum Gasteiger partial charge on any atom is -0.396 e. The number of pyridine rings is 1. The van der Waals surface area contributed by atoms with E-state index < -0.39 is 0 Å². The number of H-pyrrole nitrogens is 1. The Bertz CT molecular complexity index is 593. The average molecular weight is 290 g/mol. The van der Waals surface area contributed by atoms with Gasteiger partial charge in [-0.1, -0.05) is 6.08 Å². The second-order valence-electron chi connectivity index (χ2n) is 5.88. The van der Waals surface area contributed by atoms with Crippen molar-refractivity contribution in [3.8, 4) is 0 Å². The van der Waals surface area contributed by atoms with E-state index in [0.29, 0.717) is 19.5 Å². The van der Waals surface area contributed by atoms with Crippen molar-refractivity contribution in [2.24, 2.45) is 5.41 Å². The molecule has 2 rings (SSSR count). The molecule has 1 atom stereocenters. The molecule has 2 N–H and O–H groups in total. The van der Waals surface area contributed by atoms with Gasteiger partial charge in [-0.3, -0.25) is 9.59 Å². The molecule has 0 bridgehead atoms. The molecule has 0 spiro atoms. The van der Waals surface area contributed by atoms with Gasteiger partial charge in [0.05, 0.1) is 6.61 Å². The van der Waals surface area contributed by atoms with E-state index in [0.717, 1.165) is 18.5 Å². The van der Waals surface area contributed by atoms with Gasteiger partial charge in [0.15, 0.2) is 5.43 Å². The van der Waals surface area contributed by atoms with Crippen molar-refractivity contribution >= 4 is 5.91 Å². The Labute approximate surface area is 124 Å². The maximum absolute atomic E-state index is 12.5. The van der Waals surface area contributed by atoms with Crippen molar-refractivity contribution in [2.75, 3.05) is 19.7 Å². The van der Waals surface area contributed by atoms with Crippen molar-refractivity contribution in [3.63, 3.8) is 0 Å². The lowest BCUT2D eigenvalue weighted by molar-refractivity contribution is 0.0284. The molecule has 0 aromatic carbocycles. The standard InChI is InChI=1S/C16H22N2O3/c1-3-5-16(11-19)6-4-7-18(10-16)15(21)13-9-17-12(2)8-14(13)20/h3,8-9,19H,1,4-7,10-11H2,2H3,(H,17,20)/t16-/m1/s1. The summed E-state index contributed by atoms with van der Waals surface area (Å²) >= 11 is 0. The lowest BCUT2D eigenvalue weighted by Crippen LogP contribution is -2.48. The summed E-state index contributed by atoms with van der Waals surface area (Å²) in [6.07, 6.45) is 5.61. The van der Waals surface area contributed by atoms with Crippen LogP contribution in [0.3, 0.4) is 0 Å². The third-order valence-electron chi connectivity index (χ3n) is 4.15. The Morgan fingerprint density at radius 3 is 3.00 bits per heavy atom. The van der Waals surface area contributed by atoms with E-state index in [4.69, 9.17) is 0 Å². The number of hydrogen-bond donors (Lipinski definition) is 2. The van der Waals surface area contributed by atoms with Crippen LogP contribution in [-0.4, -0.2) is 40.6 Å². The van der Waals surface area contributed by atoms with E-state index in [-0.39, 0.29) is 28.9 Å². The Kier molecular flexibility index (Phi) is 4.63. The molecule has 5 nitrogen and oxygen atoms in total. The van der Waals surface area contributed by atoms with Crippen LogP contribution in [0.1, 0.15) is 35.3 Å². The summed E-state index contributed by atoms with van der Waals surface area (Å²) < 4.78 is 0. The number of aromatic nitrogens is 1. The van der Waals surface area contributed by atoms with Crippen molar-refractivity contribution in [1.82, 2.24) is 9.88 Å². The third kappa shape index (κ3) is 3.24. The number of hydrogen-bond acceptors (Lipinski definition) is 3. The first kappa shape index (κ1) is 15.5. The summed E-state index contributed by atoms with van der Waals surface area (Å²) in [7, 11) is 0. The third-order valence-corrected chi connectivity index (χ3v) is 4.15. The quantitative estimate of drug-likeness (QED) is 0.825. The van der Waals surface area contributed by atoms with E-state index in [1.54, 1.807) is 17.9 Å². The number of aliphatic hydroxyl groups is 1. The van der Waals surface area contributed by atoms with Crippen molar-refractivity contribution < 1.29 is 9.90 Å². The van der Waals surface area contributed by atoms with Gasteiger partial charge in [-0.25, -0.2) is 0 Å². The van der Waals surface area contributed by atoms with Crippen molar-refractivity contribution in [1.29, 1.82) is 0 Å². The predicted octanol–water partition coefficient (Wildman–Crippen LogP) is 1.47. The molecule has 0 unspecified atom stereocenters. The van der Waals surface area contributed by atoms with E-state index >= 15 is 0 Å². The zero-order valence-corrected chi connectivity index (χ0v) is 12.4. The number of rotatable bonds is 4. The summed E-state index contributed by atoms with van der Waals surface area (Å²) in [5.74, 6) is -0.266. The molecule has 1 fully saturated rings. The summed E-state index contributed by atoms with van der Waals surface area (Å²) in [6, 6.07) is 1.43. The first-order chi connectivity index (χ1) is 10.0. The molecule has 2 heterocycles. The number of carbonyl (C=O) groups excluding carboxylic acids is 1. The Morgan fingerprint density at radius 2 is 2.38 bits per heavy atom. The van der Waals surface area contributed by atoms with Gasteiger partial charge in [0.2, 0.25) is 0 Å². The van der Waals surface area contributed by atoms with Gasteiger partial charge in [0.25, 0.3) is 5.91 Å². The predicted molar refractivity (Wildman–Crippen MR) is 81.3 cm³/mol. The lowest BCUT2D eigenvalue weighted by Gasteiger charge is -2.41. The minimum absolute atomic E-state index is 0.0209. The second-order valence-corrected chi connectivity index (χ2v) is 5.88. The number of aryl methyl sites for hydroxylation is 1. The highest BCUT2D eigenvalue weighted by Crippen LogP contribution is 2.33. The highest BCUT2D eigenvalue weighted by atomic mass is 16.3. The fourth-order valence-electron chi connectivity index (χ4n) is 2.96. The van der Waals surface area contributed by atoms with Gasteiger partial charge in [-0.15, -0.1) is 6.58 Å². The molecule has 0 saturated carbocycles. The monoisotopic (exact) mass is 290 g/mol. The number of allylic oxidation sites excluding steroid dienone is 1. The van der Waals surface area contributed by atoms with Gasteiger partial charge in [0.1, 0.15) is 5.56 Å².